The van der Waals surface area contributed by atoms with Crippen LogP contribution in [0.25, 0.3) is 0 Å². The predicted molar refractivity (Wildman–Crippen MR) is 114 cm³/mol. The predicted octanol–water partition coefficient (Wildman–Crippen LogP) is 1.06. The maximum atomic E-state index is 12.6. The van der Waals surface area contributed by atoms with Crippen molar-refractivity contribution in [1.82, 2.24) is 20.0 Å². The van der Waals surface area contributed by atoms with Crippen molar-refractivity contribution in [2.75, 3.05) is 44.2 Å². The van der Waals surface area contributed by atoms with Gasteiger partial charge in [0.2, 0.25) is 5.91 Å². The topological polar surface area (TPSA) is 86.0 Å². The van der Waals surface area contributed by atoms with E-state index in [2.05, 4.69) is 22.3 Å². The second-order valence-corrected chi connectivity index (χ2v) is 6.83. The normalized spacial score (nSPS) is 17.7. The molecular weight excluding hydrogens is 447 g/mol. The lowest BCUT2D eigenvalue weighted by molar-refractivity contribution is -0.120. The minimum atomic E-state index is -0.234. The van der Waals surface area contributed by atoms with Gasteiger partial charge in [-0.2, -0.15) is 5.10 Å². The zero-order valence-electron chi connectivity index (χ0n) is 16.1. The lowest BCUT2D eigenvalue weighted by Gasteiger charge is -2.36. The van der Waals surface area contributed by atoms with E-state index >= 15 is 0 Å². The van der Waals surface area contributed by atoms with Crippen LogP contribution < -0.4 is 10.2 Å². The van der Waals surface area contributed by atoms with Gasteiger partial charge in [0.1, 0.15) is 6.54 Å². The molecule has 0 aliphatic carbocycles. The molecule has 1 unspecified atom stereocenters. The molecule has 1 amide bonds. The lowest BCUT2D eigenvalue weighted by atomic mass is 9.89. The Morgan fingerprint density at radius 1 is 1.42 bits per heavy atom. The van der Waals surface area contributed by atoms with Crippen LogP contribution in [0.5, 0.6) is 0 Å². The number of anilines is 1. The summed E-state index contributed by atoms with van der Waals surface area (Å²) in [6, 6.07) is 0. The molecule has 2 N–H and O–H groups in total. The molecule has 0 bridgehead atoms. The Kier molecular flexibility index (Phi) is 8.81. The zero-order valence-corrected chi connectivity index (χ0v) is 18.4. The summed E-state index contributed by atoms with van der Waals surface area (Å²) < 4.78 is 1.70. The molecule has 1 aliphatic heterocycles. The van der Waals surface area contributed by atoms with Crippen molar-refractivity contribution < 1.29 is 9.90 Å². The first-order valence-corrected chi connectivity index (χ1v) is 8.85. The number of rotatable bonds is 6. The number of nitrogens with zero attached hydrogens (tertiary/aromatic N) is 5. The Morgan fingerprint density at radius 3 is 2.65 bits per heavy atom. The number of carbonyl (C=O) groups is 1. The molecule has 148 valence electrons. The highest BCUT2D eigenvalue weighted by Gasteiger charge is 2.28. The van der Waals surface area contributed by atoms with Crippen LogP contribution in [-0.4, -0.2) is 71.0 Å². The highest BCUT2D eigenvalue weighted by molar-refractivity contribution is 14.0. The molecule has 9 heteroatoms. The molecule has 1 atom stereocenters. The van der Waals surface area contributed by atoms with E-state index in [0.717, 1.165) is 24.6 Å². The van der Waals surface area contributed by atoms with E-state index in [0.29, 0.717) is 19.6 Å². The Morgan fingerprint density at radius 2 is 2.15 bits per heavy atom. The first-order chi connectivity index (χ1) is 11.9. The van der Waals surface area contributed by atoms with Crippen LogP contribution in [-0.2, 0) is 11.8 Å². The molecular formula is C17H31IN6O2. The number of hydrogen-bond donors (Lipinski definition) is 2. The number of aliphatic hydroxyl groups excluding tert-OH is 1. The molecule has 2 rings (SSSR count). The summed E-state index contributed by atoms with van der Waals surface area (Å²) in [4.78, 5) is 21.0. The molecule has 0 spiro atoms. The second-order valence-electron chi connectivity index (χ2n) is 6.83. The summed E-state index contributed by atoms with van der Waals surface area (Å²) in [7, 11) is 1.84. The minimum absolute atomic E-state index is 0. The van der Waals surface area contributed by atoms with Crippen LogP contribution >= 0.6 is 24.0 Å². The van der Waals surface area contributed by atoms with E-state index in [1.54, 1.807) is 15.8 Å². The zero-order chi connectivity index (χ0) is 18.4. The third kappa shape index (κ3) is 5.57. The third-order valence-corrected chi connectivity index (χ3v) is 4.70. The Balaban J connectivity index is 0.00000338. The average Bonchev–Trinajstić information content (AvgIpc) is 3.04. The van der Waals surface area contributed by atoms with Gasteiger partial charge in [-0.05, 0) is 13.3 Å². The number of aryl methyl sites for hydroxylation is 1. The van der Waals surface area contributed by atoms with Crippen LogP contribution in [0.3, 0.4) is 0 Å². The molecule has 1 aromatic heterocycles. The van der Waals surface area contributed by atoms with E-state index in [9.17, 15) is 9.90 Å². The fraction of sp³-hybridized carbons (Fsp3) is 0.706. The van der Waals surface area contributed by atoms with Crippen molar-refractivity contribution in [3.05, 3.63) is 12.4 Å². The smallest absolute Gasteiger partial charge is 0.246 e. The Bertz CT molecular complexity index is 614. The summed E-state index contributed by atoms with van der Waals surface area (Å²) in [6.07, 6.45) is 4.40. The van der Waals surface area contributed by atoms with Crippen molar-refractivity contribution in [2.24, 2.45) is 17.5 Å². The maximum absolute atomic E-state index is 12.6. The highest BCUT2D eigenvalue weighted by Crippen LogP contribution is 2.21. The quantitative estimate of drug-likeness (QED) is 0.363. The van der Waals surface area contributed by atoms with Crippen LogP contribution in [0.2, 0.25) is 0 Å². The lowest BCUT2D eigenvalue weighted by Crippen LogP contribution is -2.55. The molecule has 0 saturated carbocycles. The molecule has 1 fully saturated rings. The Hall–Kier alpha value is -1.36. The number of piperazine rings is 1. The van der Waals surface area contributed by atoms with E-state index in [-0.39, 0.29) is 48.5 Å². The molecule has 0 aromatic carbocycles. The largest absolute Gasteiger partial charge is 0.396 e. The number of halogens is 1. The first-order valence-electron chi connectivity index (χ1n) is 8.85. The molecule has 26 heavy (non-hydrogen) atoms. The van der Waals surface area contributed by atoms with Gasteiger partial charge in [-0.15, -0.1) is 24.0 Å². The Labute approximate surface area is 172 Å². The monoisotopic (exact) mass is 478 g/mol. The maximum Gasteiger partial charge on any atom is 0.246 e. The van der Waals surface area contributed by atoms with Gasteiger partial charge < -0.3 is 20.2 Å². The standard InChI is InChI=1S/C17H30N6O2.HI/c1-5-17(3,13-24)12-19-16(18-6-2)22-7-8-23(15(25)11-22)14-9-20-21(4)10-14;/h9-10,24H,5-8,11-13H2,1-4H3,(H,18,19);1H. The van der Waals surface area contributed by atoms with Crippen LogP contribution in [0.15, 0.2) is 17.4 Å². The second kappa shape index (κ2) is 10.1. The summed E-state index contributed by atoms with van der Waals surface area (Å²) >= 11 is 0. The van der Waals surface area contributed by atoms with Gasteiger partial charge in [-0.25, -0.2) is 0 Å². The number of hydrogen-bond acceptors (Lipinski definition) is 4. The summed E-state index contributed by atoms with van der Waals surface area (Å²) in [5.74, 6) is 0.764. The molecule has 1 aliphatic rings. The van der Waals surface area contributed by atoms with Gasteiger partial charge in [-0.1, -0.05) is 13.8 Å². The van der Waals surface area contributed by atoms with Crippen molar-refractivity contribution in [3.63, 3.8) is 0 Å². The number of aliphatic hydroxyl groups is 1. The number of carbonyl (C=O) groups excluding carboxylic acids is 1. The third-order valence-electron chi connectivity index (χ3n) is 4.70. The van der Waals surface area contributed by atoms with Crippen molar-refractivity contribution in [1.29, 1.82) is 0 Å². The van der Waals surface area contributed by atoms with E-state index in [4.69, 9.17) is 0 Å². The van der Waals surface area contributed by atoms with Gasteiger partial charge in [0.05, 0.1) is 25.0 Å². The van der Waals surface area contributed by atoms with Crippen LogP contribution in [0.4, 0.5) is 5.69 Å². The average molecular weight is 478 g/mol. The molecule has 0 radical (unpaired) electrons. The molecule has 2 heterocycles. The fourth-order valence-corrected chi connectivity index (χ4v) is 2.64. The van der Waals surface area contributed by atoms with Crippen LogP contribution in [0, 0.1) is 5.41 Å². The number of nitrogens with one attached hydrogen (secondary N) is 1. The van der Waals surface area contributed by atoms with Crippen molar-refractivity contribution in [2.45, 2.75) is 27.2 Å². The fourth-order valence-electron chi connectivity index (χ4n) is 2.64. The number of guanidine groups is 1. The van der Waals surface area contributed by atoms with Gasteiger partial charge in [-0.3, -0.25) is 14.5 Å². The van der Waals surface area contributed by atoms with Gasteiger partial charge >= 0.3 is 0 Å². The summed E-state index contributed by atoms with van der Waals surface area (Å²) in [6.45, 7) is 9.02. The van der Waals surface area contributed by atoms with Crippen molar-refractivity contribution >= 4 is 41.5 Å². The van der Waals surface area contributed by atoms with E-state index in [1.165, 1.54) is 0 Å². The van der Waals surface area contributed by atoms with Gasteiger partial charge in [0.15, 0.2) is 5.96 Å². The molecule has 8 nitrogen and oxygen atoms in total. The minimum Gasteiger partial charge on any atom is -0.396 e. The SMILES string of the molecule is CCNC(=NCC(C)(CC)CO)N1CCN(c2cnn(C)c2)C(=O)C1.I. The number of aromatic nitrogens is 2. The first kappa shape index (κ1) is 22.7. The molecule has 1 saturated heterocycles. The number of amides is 1. The van der Waals surface area contributed by atoms with Gasteiger partial charge in [0, 0.05) is 38.3 Å². The van der Waals surface area contributed by atoms with E-state index in [1.807, 2.05) is 32.0 Å². The molecule has 1 aromatic rings. The van der Waals surface area contributed by atoms with Crippen LogP contribution in [0.1, 0.15) is 27.2 Å². The van der Waals surface area contributed by atoms with Gasteiger partial charge in [0.25, 0.3) is 0 Å². The number of aliphatic imine (C=N–C) groups is 1. The highest BCUT2D eigenvalue weighted by atomic mass is 127. The van der Waals surface area contributed by atoms with Crippen molar-refractivity contribution in [3.8, 4) is 0 Å². The van der Waals surface area contributed by atoms with E-state index < -0.39 is 0 Å². The summed E-state index contributed by atoms with van der Waals surface area (Å²) in [5, 5.41) is 17.0. The summed E-state index contributed by atoms with van der Waals surface area (Å²) in [5.41, 5.74) is 0.593.